The van der Waals surface area contributed by atoms with E-state index in [1.807, 2.05) is 12.1 Å². The molecule has 1 heterocycles. The molecule has 1 saturated heterocycles. The van der Waals surface area contributed by atoms with Gasteiger partial charge in [0, 0.05) is 25.3 Å². The average molecular weight is 294 g/mol. The lowest BCUT2D eigenvalue weighted by Crippen LogP contribution is -2.46. The van der Waals surface area contributed by atoms with E-state index >= 15 is 0 Å². The van der Waals surface area contributed by atoms with Gasteiger partial charge < -0.3 is 10.5 Å². The zero-order valence-electron chi connectivity index (χ0n) is 13.1. The molecule has 2 rings (SSSR count). The molecule has 1 aliphatic rings. The van der Waals surface area contributed by atoms with Crippen molar-refractivity contribution in [3.8, 4) is 0 Å². The highest BCUT2D eigenvalue weighted by molar-refractivity contribution is 5.23. The lowest BCUT2D eigenvalue weighted by Gasteiger charge is -2.40. The summed E-state index contributed by atoms with van der Waals surface area (Å²) in [6.07, 6.45) is 3.13. The summed E-state index contributed by atoms with van der Waals surface area (Å²) in [7, 11) is 1.74. The summed E-state index contributed by atoms with van der Waals surface area (Å²) in [4.78, 5) is 2.35. The molecule has 118 valence electrons. The van der Waals surface area contributed by atoms with E-state index in [1.54, 1.807) is 13.2 Å². The summed E-state index contributed by atoms with van der Waals surface area (Å²) in [6, 6.07) is 6.93. The highest BCUT2D eigenvalue weighted by atomic mass is 19.1. The van der Waals surface area contributed by atoms with Gasteiger partial charge >= 0.3 is 0 Å². The monoisotopic (exact) mass is 294 g/mol. The van der Waals surface area contributed by atoms with Gasteiger partial charge in [0.15, 0.2) is 0 Å². The fourth-order valence-corrected chi connectivity index (χ4v) is 3.36. The number of hydrogen-bond donors (Lipinski definition) is 1. The molecule has 0 aromatic heterocycles. The van der Waals surface area contributed by atoms with E-state index in [9.17, 15) is 4.39 Å². The zero-order valence-corrected chi connectivity index (χ0v) is 13.1. The first-order chi connectivity index (χ1) is 10.2. The first-order valence-electron chi connectivity index (χ1n) is 7.90. The van der Waals surface area contributed by atoms with Crippen LogP contribution in [0, 0.1) is 11.7 Å². The maximum atomic E-state index is 14.2. The molecule has 1 fully saturated rings. The van der Waals surface area contributed by atoms with E-state index in [0.717, 1.165) is 38.1 Å². The molecule has 0 aliphatic carbocycles. The third-order valence-corrected chi connectivity index (χ3v) is 4.45. The molecule has 0 amide bonds. The summed E-state index contributed by atoms with van der Waals surface area (Å²) in [5.41, 5.74) is 7.06. The number of benzene rings is 1. The van der Waals surface area contributed by atoms with Gasteiger partial charge in [-0.1, -0.05) is 25.1 Å². The Morgan fingerprint density at radius 1 is 1.43 bits per heavy atom. The van der Waals surface area contributed by atoms with Crippen LogP contribution in [0.1, 0.15) is 37.8 Å². The fraction of sp³-hybridized carbons (Fsp3) is 0.647. The van der Waals surface area contributed by atoms with Gasteiger partial charge in [-0.25, -0.2) is 4.39 Å². The molecule has 3 unspecified atom stereocenters. The van der Waals surface area contributed by atoms with Crippen molar-refractivity contribution in [1.82, 2.24) is 4.90 Å². The Kier molecular flexibility index (Phi) is 6.15. The predicted molar refractivity (Wildman–Crippen MR) is 83.6 cm³/mol. The molecule has 0 bridgehead atoms. The van der Waals surface area contributed by atoms with Gasteiger partial charge in [-0.2, -0.15) is 0 Å². The molecule has 1 aromatic carbocycles. The normalized spacial score (nSPS) is 23.0. The number of ether oxygens (including phenoxy) is 1. The SMILES string of the molecule is CCC(N)C(c1ccccc1F)N1CCCC(COC)C1. The van der Waals surface area contributed by atoms with Crippen LogP contribution in [-0.2, 0) is 4.74 Å². The Balaban J connectivity index is 2.22. The van der Waals surface area contributed by atoms with Crippen LogP contribution < -0.4 is 5.73 Å². The Labute approximate surface area is 127 Å². The zero-order chi connectivity index (χ0) is 15.2. The van der Waals surface area contributed by atoms with Crippen LogP contribution in [-0.4, -0.2) is 37.7 Å². The summed E-state index contributed by atoms with van der Waals surface area (Å²) >= 11 is 0. The van der Waals surface area contributed by atoms with Crippen LogP contribution in [0.15, 0.2) is 24.3 Å². The smallest absolute Gasteiger partial charge is 0.128 e. The minimum atomic E-state index is -0.153. The summed E-state index contributed by atoms with van der Waals surface area (Å²) in [6.45, 7) is 4.74. The number of piperidine rings is 1. The Morgan fingerprint density at radius 2 is 2.19 bits per heavy atom. The molecular weight excluding hydrogens is 267 g/mol. The number of nitrogens with zero attached hydrogens (tertiary/aromatic N) is 1. The van der Waals surface area contributed by atoms with Gasteiger partial charge in [0.25, 0.3) is 0 Å². The van der Waals surface area contributed by atoms with Crippen molar-refractivity contribution in [2.45, 2.75) is 38.3 Å². The van der Waals surface area contributed by atoms with Crippen LogP contribution in [0.5, 0.6) is 0 Å². The fourth-order valence-electron chi connectivity index (χ4n) is 3.36. The van der Waals surface area contributed by atoms with Gasteiger partial charge in [-0.3, -0.25) is 4.90 Å². The standard InChI is InChI=1S/C17H27FN2O/c1-3-16(19)17(14-8-4-5-9-15(14)18)20-10-6-7-13(11-20)12-21-2/h4-5,8-9,13,16-17H,3,6-7,10-12,19H2,1-2H3. The number of hydrogen-bond acceptors (Lipinski definition) is 3. The Bertz CT molecular complexity index is 439. The number of methoxy groups -OCH3 is 1. The minimum Gasteiger partial charge on any atom is -0.384 e. The third-order valence-electron chi connectivity index (χ3n) is 4.45. The van der Waals surface area contributed by atoms with Crippen molar-refractivity contribution in [2.24, 2.45) is 11.7 Å². The molecule has 0 saturated carbocycles. The van der Waals surface area contributed by atoms with Crippen molar-refractivity contribution in [2.75, 3.05) is 26.8 Å². The average Bonchev–Trinajstić information content (AvgIpc) is 2.50. The molecule has 3 atom stereocenters. The van der Waals surface area contributed by atoms with Crippen molar-refractivity contribution in [3.63, 3.8) is 0 Å². The van der Waals surface area contributed by atoms with E-state index in [1.165, 1.54) is 12.5 Å². The second-order valence-corrected chi connectivity index (χ2v) is 6.00. The highest BCUT2D eigenvalue weighted by Gasteiger charge is 2.31. The molecule has 0 radical (unpaired) electrons. The van der Waals surface area contributed by atoms with Crippen LogP contribution in [0.2, 0.25) is 0 Å². The lowest BCUT2D eigenvalue weighted by atomic mass is 9.91. The second-order valence-electron chi connectivity index (χ2n) is 6.00. The molecule has 2 N–H and O–H groups in total. The van der Waals surface area contributed by atoms with Crippen LogP contribution in [0.4, 0.5) is 4.39 Å². The largest absolute Gasteiger partial charge is 0.384 e. The molecular formula is C17H27FN2O. The Hall–Kier alpha value is -0.970. The van der Waals surface area contributed by atoms with E-state index in [4.69, 9.17) is 10.5 Å². The third kappa shape index (κ3) is 4.02. The van der Waals surface area contributed by atoms with Crippen molar-refractivity contribution >= 4 is 0 Å². The van der Waals surface area contributed by atoms with E-state index < -0.39 is 0 Å². The van der Waals surface area contributed by atoms with Crippen LogP contribution >= 0.6 is 0 Å². The molecule has 0 spiro atoms. The van der Waals surface area contributed by atoms with Crippen molar-refractivity contribution < 1.29 is 9.13 Å². The summed E-state index contributed by atoms with van der Waals surface area (Å²) in [5.74, 6) is 0.363. The second kappa shape index (κ2) is 7.87. The topological polar surface area (TPSA) is 38.5 Å². The van der Waals surface area contributed by atoms with Gasteiger partial charge in [0.2, 0.25) is 0 Å². The molecule has 4 heteroatoms. The quantitative estimate of drug-likeness (QED) is 0.876. The van der Waals surface area contributed by atoms with Gasteiger partial charge in [0.05, 0.1) is 12.6 Å². The van der Waals surface area contributed by atoms with E-state index in [0.29, 0.717) is 5.92 Å². The molecule has 1 aliphatic heterocycles. The number of halogens is 1. The van der Waals surface area contributed by atoms with Gasteiger partial charge in [0.1, 0.15) is 5.82 Å². The maximum absolute atomic E-state index is 14.2. The highest BCUT2D eigenvalue weighted by Crippen LogP contribution is 2.31. The summed E-state index contributed by atoms with van der Waals surface area (Å²) < 4.78 is 19.5. The van der Waals surface area contributed by atoms with E-state index in [2.05, 4.69) is 11.8 Å². The van der Waals surface area contributed by atoms with Gasteiger partial charge in [-0.05, 0) is 37.8 Å². The van der Waals surface area contributed by atoms with Crippen molar-refractivity contribution in [3.05, 3.63) is 35.6 Å². The van der Waals surface area contributed by atoms with Crippen LogP contribution in [0.3, 0.4) is 0 Å². The summed E-state index contributed by atoms with van der Waals surface area (Å²) in [5, 5.41) is 0. The number of rotatable bonds is 6. The number of nitrogens with two attached hydrogens (primary N) is 1. The van der Waals surface area contributed by atoms with E-state index in [-0.39, 0.29) is 17.9 Å². The number of likely N-dealkylation sites (tertiary alicyclic amines) is 1. The lowest BCUT2D eigenvalue weighted by molar-refractivity contribution is 0.0586. The molecule has 3 nitrogen and oxygen atoms in total. The van der Waals surface area contributed by atoms with Crippen LogP contribution in [0.25, 0.3) is 0 Å². The first-order valence-corrected chi connectivity index (χ1v) is 7.90. The molecule has 21 heavy (non-hydrogen) atoms. The first kappa shape index (κ1) is 16.4. The Morgan fingerprint density at radius 3 is 2.86 bits per heavy atom. The maximum Gasteiger partial charge on any atom is 0.128 e. The van der Waals surface area contributed by atoms with Crippen molar-refractivity contribution in [1.29, 1.82) is 0 Å². The van der Waals surface area contributed by atoms with Gasteiger partial charge in [-0.15, -0.1) is 0 Å². The predicted octanol–water partition coefficient (Wildman–Crippen LogP) is 2.96. The minimum absolute atomic E-state index is 0.0455. The molecule has 1 aromatic rings.